The van der Waals surface area contributed by atoms with Crippen molar-refractivity contribution in [2.24, 2.45) is 0 Å². The first-order chi connectivity index (χ1) is 8.49. The molecule has 0 unspecified atom stereocenters. The van der Waals surface area contributed by atoms with Gasteiger partial charge in [-0.2, -0.15) is 0 Å². The topological polar surface area (TPSA) is 14.2 Å². The van der Waals surface area contributed by atoms with Crippen LogP contribution in [0, 0.1) is 5.82 Å². The lowest BCUT2D eigenvalue weighted by molar-refractivity contribution is 0.0615. The standard InChI is InChI=1S/C15H20FNO/c1-10(2)17-14(9-18-11(3)4)8-12-7-13(16)5-6-15(12)17/h5-8,10-11H,9H2,1-4H3. The summed E-state index contributed by atoms with van der Waals surface area (Å²) in [5.74, 6) is -0.195. The van der Waals surface area contributed by atoms with Gasteiger partial charge in [0.25, 0.3) is 0 Å². The van der Waals surface area contributed by atoms with Gasteiger partial charge in [-0.3, -0.25) is 0 Å². The van der Waals surface area contributed by atoms with Crippen LogP contribution >= 0.6 is 0 Å². The van der Waals surface area contributed by atoms with Crippen LogP contribution in [-0.4, -0.2) is 10.7 Å². The molecule has 1 aromatic carbocycles. The third-order valence-corrected chi connectivity index (χ3v) is 2.96. The number of benzene rings is 1. The summed E-state index contributed by atoms with van der Waals surface area (Å²) >= 11 is 0. The van der Waals surface area contributed by atoms with Crippen molar-refractivity contribution >= 4 is 10.9 Å². The highest BCUT2D eigenvalue weighted by Gasteiger charge is 2.12. The smallest absolute Gasteiger partial charge is 0.123 e. The van der Waals surface area contributed by atoms with Crippen molar-refractivity contribution < 1.29 is 9.13 Å². The molecular weight excluding hydrogens is 229 g/mol. The highest BCUT2D eigenvalue weighted by Crippen LogP contribution is 2.25. The van der Waals surface area contributed by atoms with E-state index in [0.717, 1.165) is 16.6 Å². The molecule has 1 aromatic heterocycles. The molecule has 3 heteroatoms. The second-order valence-corrected chi connectivity index (χ2v) is 5.16. The van der Waals surface area contributed by atoms with E-state index in [4.69, 9.17) is 4.74 Å². The number of hydrogen-bond donors (Lipinski definition) is 0. The molecule has 0 spiro atoms. The summed E-state index contributed by atoms with van der Waals surface area (Å²) in [5.41, 5.74) is 2.16. The molecule has 0 aliphatic heterocycles. The van der Waals surface area contributed by atoms with E-state index >= 15 is 0 Å². The van der Waals surface area contributed by atoms with Crippen molar-refractivity contribution in [3.63, 3.8) is 0 Å². The fraction of sp³-hybridized carbons (Fsp3) is 0.467. The Bertz CT molecular complexity index is 543. The fourth-order valence-electron chi connectivity index (χ4n) is 2.24. The average Bonchev–Trinajstić information content (AvgIpc) is 2.63. The van der Waals surface area contributed by atoms with Gasteiger partial charge < -0.3 is 9.30 Å². The Hall–Kier alpha value is -1.35. The first-order valence-corrected chi connectivity index (χ1v) is 6.40. The van der Waals surface area contributed by atoms with Crippen LogP contribution in [0.25, 0.3) is 10.9 Å². The second kappa shape index (κ2) is 5.11. The molecule has 0 bridgehead atoms. The van der Waals surface area contributed by atoms with Gasteiger partial charge in [-0.15, -0.1) is 0 Å². The predicted molar refractivity (Wildman–Crippen MR) is 72.2 cm³/mol. The van der Waals surface area contributed by atoms with Gasteiger partial charge in [-0.25, -0.2) is 4.39 Å². The zero-order chi connectivity index (χ0) is 13.3. The van der Waals surface area contributed by atoms with Crippen molar-refractivity contribution in [3.05, 3.63) is 35.8 Å². The van der Waals surface area contributed by atoms with Gasteiger partial charge in [-0.05, 0) is 52.0 Å². The largest absolute Gasteiger partial charge is 0.373 e. The first kappa shape index (κ1) is 13.1. The summed E-state index contributed by atoms with van der Waals surface area (Å²) in [5, 5.41) is 0.936. The Kier molecular flexibility index (Phi) is 3.71. The van der Waals surface area contributed by atoms with E-state index < -0.39 is 0 Å². The maximum Gasteiger partial charge on any atom is 0.123 e. The third kappa shape index (κ3) is 2.56. The number of fused-ring (bicyclic) bond motifs is 1. The molecule has 18 heavy (non-hydrogen) atoms. The van der Waals surface area contributed by atoms with Gasteiger partial charge >= 0.3 is 0 Å². The number of aromatic nitrogens is 1. The second-order valence-electron chi connectivity index (χ2n) is 5.16. The minimum absolute atomic E-state index is 0.195. The fourth-order valence-corrected chi connectivity index (χ4v) is 2.24. The van der Waals surface area contributed by atoms with Crippen molar-refractivity contribution in [2.75, 3.05) is 0 Å². The van der Waals surface area contributed by atoms with Crippen LogP contribution in [-0.2, 0) is 11.3 Å². The third-order valence-electron chi connectivity index (χ3n) is 2.96. The van der Waals surface area contributed by atoms with E-state index in [-0.39, 0.29) is 11.9 Å². The van der Waals surface area contributed by atoms with E-state index in [2.05, 4.69) is 18.4 Å². The molecule has 0 saturated heterocycles. The summed E-state index contributed by atoms with van der Waals surface area (Å²) in [6.07, 6.45) is 0.195. The van der Waals surface area contributed by atoms with E-state index in [1.807, 2.05) is 26.0 Å². The molecule has 0 N–H and O–H groups in total. The summed E-state index contributed by atoms with van der Waals surface area (Å²) in [6.45, 7) is 8.85. The number of hydrogen-bond acceptors (Lipinski definition) is 1. The van der Waals surface area contributed by atoms with Crippen LogP contribution in [0.15, 0.2) is 24.3 Å². The quantitative estimate of drug-likeness (QED) is 0.788. The monoisotopic (exact) mass is 249 g/mol. The van der Waals surface area contributed by atoms with E-state index in [0.29, 0.717) is 12.6 Å². The molecular formula is C15H20FNO. The van der Waals surface area contributed by atoms with Crippen LogP contribution in [0.3, 0.4) is 0 Å². The molecule has 1 heterocycles. The lowest BCUT2D eigenvalue weighted by atomic mass is 10.2. The molecule has 2 nitrogen and oxygen atoms in total. The first-order valence-electron chi connectivity index (χ1n) is 6.40. The Morgan fingerprint density at radius 1 is 1.17 bits per heavy atom. The minimum Gasteiger partial charge on any atom is -0.373 e. The number of halogens is 1. The number of rotatable bonds is 4. The van der Waals surface area contributed by atoms with Crippen LogP contribution < -0.4 is 0 Å². The van der Waals surface area contributed by atoms with E-state index in [9.17, 15) is 4.39 Å². The normalized spacial score (nSPS) is 11.9. The van der Waals surface area contributed by atoms with Crippen molar-refractivity contribution in [1.29, 1.82) is 0 Å². The summed E-state index contributed by atoms with van der Waals surface area (Å²) in [6, 6.07) is 7.27. The maximum atomic E-state index is 13.3. The van der Waals surface area contributed by atoms with Crippen LogP contribution in [0.1, 0.15) is 39.4 Å². The molecule has 2 rings (SSSR count). The van der Waals surface area contributed by atoms with Crippen molar-refractivity contribution in [3.8, 4) is 0 Å². The zero-order valence-electron chi connectivity index (χ0n) is 11.4. The lowest BCUT2D eigenvalue weighted by Gasteiger charge is -2.15. The summed E-state index contributed by atoms with van der Waals surface area (Å²) in [4.78, 5) is 0. The molecule has 0 aliphatic carbocycles. The van der Waals surface area contributed by atoms with E-state index in [1.54, 1.807) is 6.07 Å². The van der Waals surface area contributed by atoms with Crippen molar-refractivity contribution in [2.45, 2.75) is 46.4 Å². The summed E-state index contributed by atoms with van der Waals surface area (Å²) in [7, 11) is 0. The summed E-state index contributed by atoms with van der Waals surface area (Å²) < 4.78 is 21.1. The predicted octanol–water partition coefficient (Wildman–Crippen LogP) is 4.29. The zero-order valence-corrected chi connectivity index (χ0v) is 11.4. The SMILES string of the molecule is CC(C)OCc1cc2cc(F)ccc2n1C(C)C. The molecule has 0 aliphatic rings. The van der Waals surface area contributed by atoms with Gasteiger partial charge in [0.05, 0.1) is 12.7 Å². The maximum absolute atomic E-state index is 13.3. The van der Waals surface area contributed by atoms with Crippen LogP contribution in [0.5, 0.6) is 0 Å². The van der Waals surface area contributed by atoms with Crippen LogP contribution in [0.2, 0.25) is 0 Å². The number of nitrogens with zero attached hydrogens (tertiary/aromatic N) is 1. The Balaban J connectivity index is 2.47. The highest BCUT2D eigenvalue weighted by atomic mass is 19.1. The van der Waals surface area contributed by atoms with Gasteiger partial charge in [-0.1, -0.05) is 0 Å². The lowest BCUT2D eigenvalue weighted by Crippen LogP contribution is -2.09. The molecule has 0 amide bonds. The molecule has 0 fully saturated rings. The van der Waals surface area contributed by atoms with Crippen molar-refractivity contribution in [1.82, 2.24) is 4.57 Å². The van der Waals surface area contributed by atoms with Gasteiger partial charge in [0.1, 0.15) is 5.82 Å². The Morgan fingerprint density at radius 2 is 1.89 bits per heavy atom. The number of ether oxygens (including phenoxy) is 1. The Morgan fingerprint density at radius 3 is 2.50 bits per heavy atom. The minimum atomic E-state index is -0.195. The Labute approximate surface area is 107 Å². The van der Waals surface area contributed by atoms with Gasteiger partial charge in [0.15, 0.2) is 0 Å². The molecule has 0 atom stereocenters. The molecule has 0 saturated carbocycles. The molecule has 98 valence electrons. The molecule has 2 aromatic rings. The van der Waals surface area contributed by atoms with E-state index in [1.165, 1.54) is 6.07 Å². The molecule has 0 radical (unpaired) electrons. The highest BCUT2D eigenvalue weighted by molar-refractivity contribution is 5.81. The average molecular weight is 249 g/mol. The van der Waals surface area contributed by atoms with Gasteiger partial charge in [0.2, 0.25) is 0 Å². The van der Waals surface area contributed by atoms with Crippen LogP contribution in [0.4, 0.5) is 4.39 Å². The van der Waals surface area contributed by atoms with Gasteiger partial charge in [0, 0.05) is 22.6 Å².